The molecular formula is C16H27N2O4P. The van der Waals surface area contributed by atoms with Crippen LogP contribution in [0.15, 0.2) is 23.1 Å². The van der Waals surface area contributed by atoms with Gasteiger partial charge in [-0.05, 0) is 24.3 Å². The summed E-state index contributed by atoms with van der Waals surface area (Å²) in [4.78, 5) is 23.6. The van der Waals surface area contributed by atoms with Crippen LogP contribution in [0.3, 0.4) is 0 Å². The molecule has 1 aromatic rings. The van der Waals surface area contributed by atoms with Gasteiger partial charge in [-0.1, -0.05) is 25.3 Å². The van der Waals surface area contributed by atoms with E-state index in [0.29, 0.717) is 18.6 Å². The number of rotatable bonds is 8. The Kier molecular flexibility index (Phi) is 7.03. The van der Waals surface area contributed by atoms with Gasteiger partial charge in [0.2, 0.25) is 12.9 Å². The minimum absolute atomic E-state index is 0.0534. The highest BCUT2D eigenvalue weighted by Gasteiger charge is 2.27. The Hall–Kier alpha value is -0.940. The molecule has 1 aliphatic rings. The highest BCUT2D eigenvalue weighted by atomic mass is 31.2. The molecule has 0 radical (unpaired) electrons. The molecule has 6 nitrogen and oxygen atoms in total. The molecule has 130 valence electrons. The zero-order valence-corrected chi connectivity index (χ0v) is 14.3. The van der Waals surface area contributed by atoms with E-state index in [4.69, 9.17) is 0 Å². The van der Waals surface area contributed by atoms with Crippen LogP contribution >= 0.6 is 7.37 Å². The highest BCUT2D eigenvalue weighted by Crippen LogP contribution is 2.45. The number of H-pyrrole nitrogens is 1. The van der Waals surface area contributed by atoms with Crippen molar-refractivity contribution in [1.29, 1.82) is 0 Å². The van der Waals surface area contributed by atoms with Gasteiger partial charge in [-0.2, -0.15) is 0 Å². The first-order chi connectivity index (χ1) is 10.9. The van der Waals surface area contributed by atoms with Crippen molar-refractivity contribution in [2.45, 2.75) is 44.8 Å². The quantitative estimate of drug-likeness (QED) is 0.538. The second-order valence-electron chi connectivity index (χ2n) is 6.56. The van der Waals surface area contributed by atoms with E-state index in [-0.39, 0.29) is 18.3 Å². The monoisotopic (exact) mass is 342 g/mol. The molecule has 0 aromatic carbocycles. The number of aliphatic hydroxyl groups excluding tert-OH is 1. The summed E-state index contributed by atoms with van der Waals surface area (Å²) in [6, 6.07) is 3.15. The lowest BCUT2D eigenvalue weighted by Gasteiger charge is -2.25. The van der Waals surface area contributed by atoms with E-state index in [2.05, 4.69) is 10.3 Å². The van der Waals surface area contributed by atoms with Crippen molar-refractivity contribution in [3.05, 3.63) is 34.2 Å². The number of aliphatic hydroxyl groups is 1. The van der Waals surface area contributed by atoms with Crippen LogP contribution in [0.2, 0.25) is 0 Å². The molecule has 0 amide bonds. The topological polar surface area (TPSA) is 102 Å². The van der Waals surface area contributed by atoms with E-state index in [1.54, 1.807) is 12.3 Å². The molecule has 1 fully saturated rings. The summed E-state index contributed by atoms with van der Waals surface area (Å²) < 4.78 is 12.3. The van der Waals surface area contributed by atoms with Crippen LogP contribution in [0, 0.1) is 5.92 Å². The van der Waals surface area contributed by atoms with Crippen molar-refractivity contribution in [3.8, 4) is 0 Å². The summed E-state index contributed by atoms with van der Waals surface area (Å²) >= 11 is 0. The lowest BCUT2D eigenvalue weighted by molar-refractivity contribution is 0.189. The van der Waals surface area contributed by atoms with Crippen molar-refractivity contribution < 1.29 is 14.6 Å². The average molecular weight is 342 g/mol. The van der Waals surface area contributed by atoms with Gasteiger partial charge in [0.05, 0.1) is 12.3 Å². The summed E-state index contributed by atoms with van der Waals surface area (Å²) in [5.41, 5.74) is 0.740. The minimum Gasteiger partial charge on any atom is -0.391 e. The Balaban J connectivity index is 1.70. The molecule has 1 aromatic heterocycles. The predicted octanol–water partition coefficient (Wildman–Crippen LogP) is 1.68. The number of pyridine rings is 1. The number of hydrogen-bond donors (Lipinski definition) is 4. The molecule has 0 spiro atoms. The van der Waals surface area contributed by atoms with Gasteiger partial charge in [-0.3, -0.25) is 9.36 Å². The zero-order valence-electron chi connectivity index (χ0n) is 13.4. The van der Waals surface area contributed by atoms with Crippen LogP contribution < -0.4 is 10.9 Å². The third-order valence-corrected chi connectivity index (χ3v) is 6.40. The van der Waals surface area contributed by atoms with E-state index in [0.717, 1.165) is 31.2 Å². The van der Waals surface area contributed by atoms with Crippen LogP contribution in [0.1, 0.15) is 37.7 Å². The van der Waals surface area contributed by atoms with Crippen LogP contribution in [0.4, 0.5) is 0 Å². The van der Waals surface area contributed by atoms with E-state index in [1.807, 2.05) is 0 Å². The summed E-state index contributed by atoms with van der Waals surface area (Å²) in [6.07, 6.45) is 6.65. The first kappa shape index (κ1) is 18.4. The van der Waals surface area contributed by atoms with Crippen LogP contribution in [0.5, 0.6) is 0 Å². The van der Waals surface area contributed by atoms with Gasteiger partial charge in [0.25, 0.3) is 0 Å². The molecule has 4 N–H and O–H groups in total. The molecule has 0 bridgehead atoms. The van der Waals surface area contributed by atoms with Crippen molar-refractivity contribution in [1.82, 2.24) is 10.3 Å². The second kappa shape index (κ2) is 8.78. The molecule has 7 heteroatoms. The molecule has 1 aliphatic carbocycles. The Bertz CT molecular complexity index is 563. The Morgan fingerprint density at radius 2 is 2.04 bits per heavy atom. The first-order valence-electron chi connectivity index (χ1n) is 8.32. The molecule has 0 saturated heterocycles. The molecule has 1 heterocycles. The smallest absolute Gasteiger partial charge is 0.247 e. The maximum Gasteiger partial charge on any atom is 0.247 e. The molecule has 2 rings (SSSR count). The largest absolute Gasteiger partial charge is 0.391 e. The number of nitrogens with one attached hydrogen (secondary N) is 2. The van der Waals surface area contributed by atoms with Crippen molar-refractivity contribution in [3.63, 3.8) is 0 Å². The van der Waals surface area contributed by atoms with Crippen molar-refractivity contribution in [2.24, 2.45) is 5.92 Å². The summed E-state index contributed by atoms with van der Waals surface area (Å²) in [5.74, 6) is 0.334. The summed E-state index contributed by atoms with van der Waals surface area (Å²) in [7, 11) is -3.27. The summed E-state index contributed by atoms with van der Waals surface area (Å²) in [5, 5.41) is 13.0. The molecule has 0 aliphatic heterocycles. The van der Waals surface area contributed by atoms with Gasteiger partial charge in [-0.15, -0.1) is 0 Å². The molecule has 1 saturated carbocycles. The highest BCUT2D eigenvalue weighted by molar-refractivity contribution is 7.58. The van der Waals surface area contributed by atoms with Gasteiger partial charge in [0, 0.05) is 31.5 Å². The standard InChI is InChI=1S/C16H27N2O4P/c19-15(10-17-8-14-6-7-16(20)18-9-14)12-23(21,22)11-13-4-2-1-3-5-13/h6-7,9,13,15,17,19H,1-5,8,10-12H2,(H,18,20)(H,21,22). The third kappa shape index (κ3) is 7.00. The Labute approximate surface area is 136 Å². The lowest BCUT2D eigenvalue weighted by atomic mass is 9.91. The molecule has 2 unspecified atom stereocenters. The second-order valence-corrected chi connectivity index (χ2v) is 8.98. The lowest BCUT2D eigenvalue weighted by Crippen LogP contribution is -2.30. The van der Waals surface area contributed by atoms with Gasteiger partial charge >= 0.3 is 0 Å². The molecule has 2 atom stereocenters. The van der Waals surface area contributed by atoms with Crippen LogP contribution in [0.25, 0.3) is 0 Å². The Morgan fingerprint density at radius 1 is 1.30 bits per heavy atom. The maximum atomic E-state index is 12.3. The number of hydrogen-bond acceptors (Lipinski definition) is 4. The molecular weight excluding hydrogens is 315 g/mol. The van der Waals surface area contributed by atoms with Crippen LogP contribution in [-0.2, 0) is 11.1 Å². The number of aromatic amines is 1. The normalized spacial score (nSPS) is 20.1. The fourth-order valence-corrected chi connectivity index (χ4v) is 5.29. The van der Waals surface area contributed by atoms with Crippen molar-refractivity contribution in [2.75, 3.05) is 18.9 Å². The van der Waals surface area contributed by atoms with Gasteiger partial charge in [-0.25, -0.2) is 0 Å². The number of aromatic nitrogens is 1. The first-order valence-corrected chi connectivity index (χ1v) is 10.3. The molecule has 23 heavy (non-hydrogen) atoms. The fourth-order valence-electron chi connectivity index (χ4n) is 3.18. The SMILES string of the molecule is O=c1ccc(CNCC(O)CP(=O)(O)CC2CCCCC2)c[nH]1. The maximum absolute atomic E-state index is 12.3. The van der Waals surface area contributed by atoms with Crippen molar-refractivity contribution >= 4 is 7.37 Å². The minimum atomic E-state index is -3.27. The van der Waals surface area contributed by atoms with Gasteiger partial charge in [0.1, 0.15) is 0 Å². The van der Waals surface area contributed by atoms with Gasteiger partial charge < -0.3 is 20.3 Å². The van der Waals surface area contributed by atoms with E-state index < -0.39 is 13.5 Å². The van der Waals surface area contributed by atoms with E-state index in [1.165, 1.54) is 12.5 Å². The average Bonchev–Trinajstić information content (AvgIpc) is 2.49. The van der Waals surface area contributed by atoms with Crippen LogP contribution in [-0.4, -0.2) is 40.0 Å². The van der Waals surface area contributed by atoms with E-state index in [9.17, 15) is 19.4 Å². The summed E-state index contributed by atoms with van der Waals surface area (Å²) in [6.45, 7) is 0.751. The van der Waals surface area contributed by atoms with Gasteiger partial charge in [0.15, 0.2) is 0 Å². The Morgan fingerprint density at radius 3 is 2.70 bits per heavy atom. The fraction of sp³-hybridized carbons (Fsp3) is 0.688. The third-order valence-electron chi connectivity index (χ3n) is 4.32. The predicted molar refractivity (Wildman–Crippen MR) is 90.9 cm³/mol. The zero-order chi connectivity index (χ0) is 16.7. The van der Waals surface area contributed by atoms with E-state index >= 15 is 0 Å².